The van der Waals surface area contributed by atoms with Crippen LogP contribution in [0.2, 0.25) is 0 Å². The molecule has 0 bridgehead atoms. The average molecular weight is 416 g/mol. The number of hydrogen-bond donors (Lipinski definition) is 2. The Labute approximate surface area is 178 Å². The Morgan fingerprint density at radius 2 is 2.03 bits per heavy atom. The molecular formula is C22H33N5O3. The minimum atomic E-state index is -0.190. The van der Waals surface area contributed by atoms with Gasteiger partial charge in [-0.05, 0) is 58.1 Å². The van der Waals surface area contributed by atoms with Crippen molar-refractivity contribution >= 4 is 5.96 Å². The molecule has 1 aromatic heterocycles. The van der Waals surface area contributed by atoms with Crippen LogP contribution in [0.5, 0.6) is 5.75 Å². The largest absolute Gasteiger partial charge is 0.490 e. The van der Waals surface area contributed by atoms with Crippen molar-refractivity contribution in [3.05, 3.63) is 41.0 Å². The topological polar surface area (TPSA) is 93.8 Å². The van der Waals surface area contributed by atoms with Gasteiger partial charge < -0.3 is 24.6 Å². The summed E-state index contributed by atoms with van der Waals surface area (Å²) in [7, 11) is 1.73. The second kappa shape index (κ2) is 11.0. The van der Waals surface area contributed by atoms with Gasteiger partial charge in [-0.1, -0.05) is 17.3 Å². The highest BCUT2D eigenvalue weighted by Gasteiger charge is 2.18. The van der Waals surface area contributed by atoms with Gasteiger partial charge >= 0.3 is 0 Å². The van der Waals surface area contributed by atoms with Crippen LogP contribution >= 0.6 is 0 Å². The van der Waals surface area contributed by atoms with Crippen molar-refractivity contribution < 1.29 is 14.0 Å². The summed E-state index contributed by atoms with van der Waals surface area (Å²) in [6.07, 6.45) is 4.91. The fourth-order valence-corrected chi connectivity index (χ4v) is 3.49. The van der Waals surface area contributed by atoms with Crippen molar-refractivity contribution in [1.82, 2.24) is 20.8 Å². The van der Waals surface area contributed by atoms with E-state index in [0.717, 1.165) is 24.2 Å². The van der Waals surface area contributed by atoms with Gasteiger partial charge in [0.25, 0.3) is 0 Å². The van der Waals surface area contributed by atoms with Gasteiger partial charge in [-0.15, -0.1) is 0 Å². The second-order valence-corrected chi connectivity index (χ2v) is 7.56. The highest BCUT2D eigenvalue weighted by Crippen LogP contribution is 2.27. The second-order valence-electron chi connectivity index (χ2n) is 7.56. The molecule has 0 aliphatic heterocycles. The molecule has 1 unspecified atom stereocenters. The van der Waals surface area contributed by atoms with Crippen LogP contribution < -0.4 is 15.4 Å². The number of nitrogens with one attached hydrogen (secondary N) is 2. The van der Waals surface area contributed by atoms with Gasteiger partial charge in [-0.2, -0.15) is 4.98 Å². The number of aromatic nitrogens is 2. The van der Waals surface area contributed by atoms with Crippen LogP contribution in [0.4, 0.5) is 0 Å². The average Bonchev–Trinajstić information content (AvgIpc) is 3.42. The Morgan fingerprint density at radius 1 is 1.27 bits per heavy atom. The van der Waals surface area contributed by atoms with Gasteiger partial charge in [0.1, 0.15) is 11.9 Å². The van der Waals surface area contributed by atoms with Gasteiger partial charge in [0.2, 0.25) is 5.89 Å². The zero-order chi connectivity index (χ0) is 21.3. The van der Waals surface area contributed by atoms with Gasteiger partial charge in [0.05, 0.1) is 12.6 Å². The molecule has 1 aliphatic rings. The Balaban J connectivity index is 1.54. The minimum Gasteiger partial charge on any atom is -0.490 e. The summed E-state index contributed by atoms with van der Waals surface area (Å²) >= 11 is 0. The minimum absolute atomic E-state index is 0.190. The fraction of sp³-hybridized carbons (Fsp3) is 0.591. The third kappa shape index (κ3) is 6.19. The van der Waals surface area contributed by atoms with E-state index in [1.54, 1.807) is 7.05 Å². The zero-order valence-electron chi connectivity index (χ0n) is 18.4. The van der Waals surface area contributed by atoms with Crippen molar-refractivity contribution in [2.24, 2.45) is 4.99 Å². The van der Waals surface area contributed by atoms with E-state index in [0.29, 0.717) is 43.5 Å². The first kappa shape index (κ1) is 22.1. The molecule has 1 heterocycles. The van der Waals surface area contributed by atoms with E-state index >= 15 is 0 Å². The third-order valence-electron chi connectivity index (χ3n) is 5.16. The predicted molar refractivity (Wildman–Crippen MR) is 115 cm³/mol. The number of rotatable bonds is 9. The lowest BCUT2D eigenvalue weighted by Gasteiger charge is -2.18. The van der Waals surface area contributed by atoms with Crippen molar-refractivity contribution in [3.63, 3.8) is 0 Å². The number of hydrogen-bond acceptors (Lipinski definition) is 6. The SMILES string of the molecule is CCOC(C)c1noc(CNC(=NC)NCc2ccc(C)cc2OC2CCCC2)n1. The molecule has 0 saturated heterocycles. The van der Waals surface area contributed by atoms with E-state index in [9.17, 15) is 0 Å². The molecule has 2 N–H and O–H groups in total. The number of ether oxygens (including phenoxy) is 2. The van der Waals surface area contributed by atoms with Crippen molar-refractivity contribution in [3.8, 4) is 5.75 Å². The van der Waals surface area contributed by atoms with E-state index in [1.807, 2.05) is 13.8 Å². The molecule has 8 heteroatoms. The first-order valence-electron chi connectivity index (χ1n) is 10.7. The molecule has 164 valence electrons. The van der Waals surface area contributed by atoms with Crippen LogP contribution in [0.25, 0.3) is 0 Å². The van der Waals surface area contributed by atoms with E-state index in [1.165, 1.54) is 18.4 Å². The lowest BCUT2D eigenvalue weighted by atomic mass is 10.1. The summed E-state index contributed by atoms with van der Waals surface area (Å²) in [6, 6.07) is 6.33. The maximum Gasteiger partial charge on any atom is 0.246 e. The van der Waals surface area contributed by atoms with Crippen LogP contribution in [0.1, 0.15) is 68.5 Å². The molecule has 0 radical (unpaired) electrons. The third-order valence-corrected chi connectivity index (χ3v) is 5.16. The number of nitrogens with zero attached hydrogens (tertiary/aromatic N) is 3. The molecule has 1 atom stereocenters. The molecule has 3 rings (SSSR count). The molecular weight excluding hydrogens is 382 g/mol. The van der Waals surface area contributed by atoms with Gasteiger partial charge in [-0.25, -0.2) is 0 Å². The molecule has 0 spiro atoms. The fourth-order valence-electron chi connectivity index (χ4n) is 3.49. The molecule has 2 aromatic rings. The maximum absolute atomic E-state index is 6.28. The molecule has 30 heavy (non-hydrogen) atoms. The summed E-state index contributed by atoms with van der Waals surface area (Å²) in [4.78, 5) is 8.65. The Hall–Kier alpha value is -2.61. The Kier molecular flexibility index (Phi) is 8.07. The number of guanidine groups is 1. The van der Waals surface area contributed by atoms with Crippen LogP contribution in [0.3, 0.4) is 0 Å². The highest BCUT2D eigenvalue weighted by atomic mass is 16.5. The van der Waals surface area contributed by atoms with Crippen molar-refractivity contribution in [2.75, 3.05) is 13.7 Å². The van der Waals surface area contributed by atoms with E-state index in [-0.39, 0.29) is 6.10 Å². The summed E-state index contributed by atoms with van der Waals surface area (Å²) in [5, 5.41) is 10.5. The lowest BCUT2D eigenvalue weighted by molar-refractivity contribution is 0.0683. The van der Waals surface area contributed by atoms with E-state index < -0.39 is 0 Å². The molecule has 1 fully saturated rings. The van der Waals surface area contributed by atoms with Crippen molar-refractivity contribution in [2.45, 2.75) is 71.8 Å². The predicted octanol–water partition coefficient (Wildman–Crippen LogP) is 3.66. The summed E-state index contributed by atoms with van der Waals surface area (Å²) < 4.78 is 17.1. The van der Waals surface area contributed by atoms with Gasteiger partial charge in [0, 0.05) is 25.8 Å². The Morgan fingerprint density at radius 3 is 2.77 bits per heavy atom. The lowest BCUT2D eigenvalue weighted by Crippen LogP contribution is -2.36. The molecule has 0 amide bonds. The molecule has 8 nitrogen and oxygen atoms in total. The van der Waals surface area contributed by atoms with Gasteiger partial charge in [0.15, 0.2) is 11.8 Å². The highest BCUT2D eigenvalue weighted by molar-refractivity contribution is 5.79. The quantitative estimate of drug-likeness (QED) is 0.477. The van der Waals surface area contributed by atoms with E-state index in [4.69, 9.17) is 14.0 Å². The van der Waals surface area contributed by atoms with Crippen LogP contribution in [0, 0.1) is 6.92 Å². The summed E-state index contributed by atoms with van der Waals surface area (Å²) in [5.74, 6) is 2.64. The van der Waals surface area contributed by atoms with E-state index in [2.05, 4.69) is 50.9 Å². The number of aliphatic imine (C=N–C) groups is 1. The Bertz CT molecular complexity index is 830. The first-order valence-corrected chi connectivity index (χ1v) is 10.7. The number of benzene rings is 1. The van der Waals surface area contributed by atoms with Gasteiger partial charge in [-0.3, -0.25) is 4.99 Å². The first-order chi connectivity index (χ1) is 14.6. The van der Waals surface area contributed by atoms with Crippen LogP contribution in [-0.2, 0) is 17.8 Å². The smallest absolute Gasteiger partial charge is 0.246 e. The van der Waals surface area contributed by atoms with Crippen LogP contribution in [0.15, 0.2) is 27.7 Å². The normalized spacial score (nSPS) is 15.9. The van der Waals surface area contributed by atoms with Crippen LogP contribution in [-0.4, -0.2) is 35.9 Å². The standard InChI is InChI=1S/C22H33N5O3/c1-5-28-16(3)21-26-20(30-27-21)14-25-22(23-4)24-13-17-11-10-15(2)12-19(17)29-18-8-6-7-9-18/h10-12,16,18H,5-9,13-14H2,1-4H3,(H2,23,24,25). The molecule has 1 aromatic carbocycles. The monoisotopic (exact) mass is 415 g/mol. The summed E-state index contributed by atoms with van der Waals surface area (Å²) in [5.41, 5.74) is 2.31. The summed E-state index contributed by atoms with van der Waals surface area (Å²) in [6.45, 7) is 7.52. The molecule has 1 aliphatic carbocycles. The molecule has 1 saturated carbocycles. The zero-order valence-corrected chi connectivity index (χ0v) is 18.4. The maximum atomic E-state index is 6.28. The van der Waals surface area contributed by atoms with Crippen molar-refractivity contribution in [1.29, 1.82) is 0 Å². The number of aryl methyl sites for hydroxylation is 1.